The number of rotatable bonds is 3. The van der Waals surface area contributed by atoms with Gasteiger partial charge in [-0.2, -0.15) is 0 Å². The summed E-state index contributed by atoms with van der Waals surface area (Å²) < 4.78 is 1.39. The Morgan fingerprint density at radius 1 is 1.15 bits per heavy atom. The van der Waals surface area contributed by atoms with E-state index < -0.39 is 0 Å². The van der Waals surface area contributed by atoms with E-state index in [1.165, 1.54) is 10.8 Å². The Bertz CT molecular complexity index is 728. The van der Waals surface area contributed by atoms with Gasteiger partial charge < -0.3 is 0 Å². The zero-order valence-corrected chi connectivity index (χ0v) is 11.0. The van der Waals surface area contributed by atoms with Crippen LogP contribution in [0.1, 0.15) is 39.8 Å². The summed E-state index contributed by atoms with van der Waals surface area (Å²) in [5.41, 5.74) is 1.92. The highest BCUT2D eigenvalue weighted by atomic mass is 16.1. The number of benzene rings is 1. The van der Waals surface area contributed by atoms with E-state index in [9.17, 15) is 9.59 Å². The molecule has 2 aromatic rings. The molecule has 1 heterocycles. The molecule has 1 aliphatic rings. The molecule has 100 valence electrons. The maximum absolute atomic E-state index is 12.4. The van der Waals surface area contributed by atoms with Gasteiger partial charge in [0.1, 0.15) is 5.70 Å². The predicted molar refractivity (Wildman–Crippen MR) is 73.4 cm³/mol. The Morgan fingerprint density at radius 3 is 2.65 bits per heavy atom. The molecule has 1 aromatic heterocycles. The zero-order chi connectivity index (χ0) is 14.1. The summed E-state index contributed by atoms with van der Waals surface area (Å²) in [5, 5.41) is 7.95. The quantitative estimate of drug-likeness (QED) is 0.854. The largest absolute Gasteiger partial charge is 0.289 e. The summed E-state index contributed by atoms with van der Waals surface area (Å²) in [6.45, 7) is 2.05. The van der Waals surface area contributed by atoms with Crippen molar-refractivity contribution >= 4 is 17.3 Å². The maximum Gasteiger partial charge on any atom is 0.212 e. The number of hydrogen-bond donors (Lipinski definition) is 0. The molecule has 3 rings (SSSR count). The van der Waals surface area contributed by atoms with Gasteiger partial charge in [0, 0.05) is 17.2 Å². The number of hydrogen-bond acceptors (Lipinski definition) is 4. The standard InChI is InChI=1S/C15H13N3O2/c1-2-5-10-9-18(17-16-10)13-8-14(19)11-6-3-4-7-12(11)15(13)20/h3-4,6-9H,2,5H2,1H3. The average molecular weight is 267 g/mol. The van der Waals surface area contributed by atoms with E-state index in [2.05, 4.69) is 10.3 Å². The van der Waals surface area contributed by atoms with Crippen molar-refractivity contribution in [1.82, 2.24) is 15.0 Å². The lowest BCUT2D eigenvalue weighted by Gasteiger charge is -2.13. The minimum absolute atomic E-state index is 0.178. The van der Waals surface area contributed by atoms with Gasteiger partial charge in [-0.05, 0) is 6.42 Å². The monoisotopic (exact) mass is 267 g/mol. The number of carbonyl (C=O) groups excluding carboxylic acids is 2. The highest BCUT2D eigenvalue weighted by molar-refractivity contribution is 6.35. The predicted octanol–water partition coefficient (Wildman–Crippen LogP) is 2.15. The van der Waals surface area contributed by atoms with Crippen molar-refractivity contribution in [2.24, 2.45) is 0 Å². The fourth-order valence-electron chi connectivity index (χ4n) is 2.26. The molecule has 0 bridgehead atoms. The molecule has 0 N–H and O–H groups in total. The molecule has 5 heteroatoms. The van der Waals surface area contributed by atoms with Crippen LogP contribution in [0, 0.1) is 0 Å². The first-order chi connectivity index (χ1) is 9.70. The molecule has 0 saturated heterocycles. The summed E-state index contributed by atoms with van der Waals surface area (Å²) in [6.07, 6.45) is 4.78. The summed E-state index contributed by atoms with van der Waals surface area (Å²) in [7, 11) is 0. The summed E-state index contributed by atoms with van der Waals surface area (Å²) >= 11 is 0. The van der Waals surface area contributed by atoms with Gasteiger partial charge in [-0.1, -0.05) is 42.8 Å². The number of carbonyl (C=O) groups is 2. The van der Waals surface area contributed by atoms with Crippen molar-refractivity contribution in [1.29, 1.82) is 0 Å². The molecule has 0 radical (unpaired) electrons. The third-order valence-corrected chi connectivity index (χ3v) is 3.23. The number of aromatic nitrogens is 3. The molecule has 1 aromatic carbocycles. The number of Topliss-reactive ketones (excluding diaryl/α,β-unsaturated/α-hetero) is 1. The highest BCUT2D eigenvalue weighted by Crippen LogP contribution is 2.23. The topological polar surface area (TPSA) is 64.8 Å². The van der Waals surface area contributed by atoms with E-state index in [1.54, 1.807) is 30.5 Å². The van der Waals surface area contributed by atoms with Gasteiger partial charge in [0.2, 0.25) is 5.78 Å². The van der Waals surface area contributed by atoms with Crippen molar-refractivity contribution in [2.45, 2.75) is 19.8 Å². The van der Waals surface area contributed by atoms with Crippen LogP contribution in [-0.2, 0) is 6.42 Å². The zero-order valence-electron chi connectivity index (χ0n) is 11.0. The molecular weight excluding hydrogens is 254 g/mol. The smallest absolute Gasteiger partial charge is 0.212 e. The van der Waals surface area contributed by atoms with Crippen LogP contribution >= 0.6 is 0 Å². The van der Waals surface area contributed by atoms with E-state index in [1.807, 2.05) is 6.92 Å². The molecule has 20 heavy (non-hydrogen) atoms. The third-order valence-electron chi connectivity index (χ3n) is 3.23. The Labute approximate surface area is 115 Å². The van der Waals surface area contributed by atoms with E-state index >= 15 is 0 Å². The van der Waals surface area contributed by atoms with Crippen LogP contribution in [0.2, 0.25) is 0 Å². The minimum Gasteiger partial charge on any atom is -0.289 e. The molecule has 0 saturated carbocycles. The van der Waals surface area contributed by atoms with Crippen molar-refractivity contribution in [3.05, 3.63) is 53.4 Å². The van der Waals surface area contributed by atoms with Gasteiger partial charge in [0.05, 0.1) is 11.9 Å². The first kappa shape index (κ1) is 12.5. The second kappa shape index (κ2) is 4.85. The summed E-state index contributed by atoms with van der Waals surface area (Å²) in [4.78, 5) is 24.5. The number of ketones is 2. The molecular formula is C15H13N3O2. The molecule has 0 amide bonds. The van der Waals surface area contributed by atoms with Crippen LogP contribution in [0.25, 0.3) is 5.70 Å². The second-order valence-electron chi connectivity index (χ2n) is 4.67. The van der Waals surface area contributed by atoms with E-state index in [0.29, 0.717) is 11.1 Å². The van der Waals surface area contributed by atoms with Gasteiger partial charge in [0.15, 0.2) is 5.78 Å². The number of nitrogens with zero attached hydrogens (tertiary/aromatic N) is 3. The Morgan fingerprint density at radius 2 is 1.90 bits per heavy atom. The molecule has 0 spiro atoms. The maximum atomic E-state index is 12.4. The fraction of sp³-hybridized carbons (Fsp3) is 0.200. The van der Waals surface area contributed by atoms with Crippen LogP contribution in [-0.4, -0.2) is 26.6 Å². The van der Waals surface area contributed by atoms with Crippen LogP contribution in [0.4, 0.5) is 0 Å². The van der Waals surface area contributed by atoms with Gasteiger partial charge in [-0.3, -0.25) is 9.59 Å². The Hall–Kier alpha value is -2.56. The van der Waals surface area contributed by atoms with Gasteiger partial charge in [0.25, 0.3) is 0 Å². The van der Waals surface area contributed by atoms with E-state index in [-0.39, 0.29) is 17.3 Å². The van der Waals surface area contributed by atoms with Crippen LogP contribution in [0.5, 0.6) is 0 Å². The van der Waals surface area contributed by atoms with E-state index in [0.717, 1.165) is 18.5 Å². The van der Waals surface area contributed by atoms with Crippen molar-refractivity contribution < 1.29 is 9.59 Å². The average Bonchev–Trinajstić information content (AvgIpc) is 2.92. The van der Waals surface area contributed by atoms with Gasteiger partial charge in [-0.25, -0.2) is 4.68 Å². The molecule has 0 aliphatic heterocycles. The van der Waals surface area contributed by atoms with Gasteiger partial charge >= 0.3 is 0 Å². The van der Waals surface area contributed by atoms with Crippen LogP contribution in [0.15, 0.2) is 36.5 Å². The number of fused-ring (bicyclic) bond motifs is 1. The van der Waals surface area contributed by atoms with Crippen LogP contribution < -0.4 is 0 Å². The Balaban J connectivity index is 2.03. The minimum atomic E-state index is -0.201. The molecule has 0 unspecified atom stereocenters. The van der Waals surface area contributed by atoms with Crippen LogP contribution in [0.3, 0.4) is 0 Å². The third kappa shape index (κ3) is 1.97. The fourth-order valence-corrected chi connectivity index (χ4v) is 2.26. The van der Waals surface area contributed by atoms with E-state index in [4.69, 9.17) is 0 Å². The molecule has 0 fully saturated rings. The molecule has 1 aliphatic carbocycles. The number of allylic oxidation sites excluding steroid dienone is 2. The highest BCUT2D eigenvalue weighted by Gasteiger charge is 2.26. The lowest BCUT2D eigenvalue weighted by atomic mass is 9.93. The van der Waals surface area contributed by atoms with Crippen molar-refractivity contribution in [3.63, 3.8) is 0 Å². The molecule has 5 nitrogen and oxygen atoms in total. The van der Waals surface area contributed by atoms with Gasteiger partial charge in [-0.15, -0.1) is 5.10 Å². The summed E-state index contributed by atoms with van der Waals surface area (Å²) in [6, 6.07) is 6.81. The lowest BCUT2D eigenvalue weighted by molar-refractivity contribution is 0.0996. The SMILES string of the molecule is CCCc1cn(C2=CC(=O)c3ccccc3C2=O)nn1. The van der Waals surface area contributed by atoms with Crippen molar-refractivity contribution in [3.8, 4) is 0 Å². The normalized spacial score (nSPS) is 14.2. The number of aryl methyl sites for hydroxylation is 1. The summed E-state index contributed by atoms with van der Waals surface area (Å²) in [5.74, 6) is -0.379. The first-order valence-corrected chi connectivity index (χ1v) is 6.52. The lowest BCUT2D eigenvalue weighted by Crippen LogP contribution is -2.19. The van der Waals surface area contributed by atoms with Crippen molar-refractivity contribution in [2.75, 3.05) is 0 Å². The molecule has 0 atom stereocenters. The second-order valence-corrected chi connectivity index (χ2v) is 4.67. The first-order valence-electron chi connectivity index (χ1n) is 6.52. The Kier molecular flexibility index (Phi) is 3.02.